The van der Waals surface area contributed by atoms with Gasteiger partial charge >= 0.3 is 5.97 Å². The summed E-state index contributed by atoms with van der Waals surface area (Å²) in [5.41, 5.74) is 0.472. The molecule has 0 aliphatic carbocycles. The maximum atomic E-state index is 10.5. The lowest BCUT2D eigenvalue weighted by Crippen LogP contribution is -2.44. The molecule has 0 radical (unpaired) electrons. The van der Waals surface area contributed by atoms with Gasteiger partial charge in [-0.3, -0.25) is 14.8 Å². The quantitative estimate of drug-likeness (QED) is 0.202. The summed E-state index contributed by atoms with van der Waals surface area (Å²) < 4.78 is 0. The summed E-state index contributed by atoms with van der Waals surface area (Å²) in [7, 11) is 0. The molecule has 142 valence electrons. The van der Waals surface area contributed by atoms with Crippen LogP contribution in [0.1, 0.15) is 43.2 Å². The van der Waals surface area contributed by atoms with Crippen LogP contribution in [-0.4, -0.2) is 74.7 Å². The lowest BCUT2D eigenvalue weighted by molar-refractivity contribution is -0.314. The molecule has 0 aliphatic heterocycles. The molecule has 0 aromatic carbocycles. The number of hydrogen-bond donors (Lipinski definition) is 8. The zero-order chi connectivity index (χ0) is 19.3. The van der Waals surface area contributed by atoms with Gasteiger partial charge in [-0.25, -0.2) is 0 Å². The smallest absolute Gasteiger partial charge is 0.308 e. The van der Waals surface area contributed by atoms with Crippen molar-refractivity contribution in [2.45, 2.75) is 56.1 Å². The first-order valence-electron chi connectivity index (χ1n) is 7.41. The van der Waals surface area contributed by atoms with Gasteiger partial charge in [-0.05, 0) is 12.8 Å². The van der Waals surface area contributed by atoms with E-state index in [0.717, 1.165) is 0 Å². The molecule has 11 heteroatoms. The standard InChI is InChI=1S/C14H22N2O9/c17-10(4-11(18)13(21,22)5-12(19)20)9-7-15-8(6-16-9)2-1-3-14(23,24)25/h6-7,10-11,17-18,21-25H,1-5H2,(H,19,20). The van der Waals surface area contributed by atoms with E-state index < -0.39 is 42.8 Å². The number of aliphatic carboxylic acids is 1. The average Bonchev–Trinajstić information content (AvgIpc) is 2.45. The van der Waals surface area contributed by atoms with Gasteiger partial charge in [0.25, 0.3) is 5.97 Å². The molecule has 1 aromatic rings. The van der Waals surface area contributed by atoms with Gasteiger partial charge in [0.1, 0.15) is 18.6 Å². The molecule has 2 atom stereocenters. The third kappa shape index (κ3) is 7.79. The Kier molecular flexibility index (Phi) is 7.31. The monoisotopic (exact) mass is 362 g/mol. The van der Waals surface area contributed by atoms with Crippen molar-refractivity contribution >= 4 is 5.97 Å². The van der Waals surface area contributed by atoms with Gasteiger partial charge < -0.3 is 40.9 Å². The molecule has 0 saturated heterocycles. The van der Waals surface area contributed by atoms with Gasteiger partial charge in [-0.15, -0.1) is 0 Å². The number of aryl methyl sites for hydroxylation is 1. The predicted octanol–water partition coefficient (Wildman–Crippen LogP) is -2.63. The minimum Gasteiger partial charge on any atom is -0.481 e. The van der Waals surface area contributed by atoms with Crippen molar-refractivity contribution in [2.24, 2.45) is 0 Å². The lowest BCUT2D eigenvalue weighted by atomic mass is 9.99. The summed E-state index contributed by atoms with van der Waals surface area (Å²) in [5, 5.41) is 73.3. The molecule has 11 nitrogen and oxygen atoms in total. The number of carbonyl (C=O) groups is 1. The number of carboxylic acid groups (broad SMARTS) is 1. The Morgan fingerprint density at radius 1 is 1.08 bits per heavy atom. The van der Waals surface area contributed by atoms with E-state index in [1.54, 1.807) is 0 Å². The van der Waals surface area contributed by atoms with Crippen molar-refractivity contribution in [3.63, 3.8) is 0 Å². The van der Waals surface area contributed by atoms with Gasteiger partial charge in [0.05, 0.1) is 17.6 Å². The second-order valence-electron chi connectivity index (χ2n) is 5.78. The highest BCUT2D eigenvalue weighted by molar-refractivity contribution is 5.67. The first kappa shape index (κ1) is 21.3. The van der Waals surface area contributed by atoms with Crippen LogP contribution in [0.4, 0.5) is 0 Å². The van der Waals surface area contributed by atoms with E-state index in [4.69, 9.17) is 20.4 Å². The van der Waals surface area contributed by atoms with Crippen LogP contribution in [0.2, 0.25) is 0 Å². The number of nitrogens with zero attached hydrogens (tertiary/aromatic N) is 2. The molecule has 2 unspecified atom stereocenters. The van der Waals surface area contributed by atoms with Crippen LogP contribution in [0.5, 0.6) is 0 Å². The maximum Gasteiger partial charge on any atom is 0.308 e. The molecule has 0 saturated carbocycles. The molecule has 1 heterocycles. The van der Waals surface area contributed by atoms with Crippen molar-refractivity contribution in [1.29, 1.82) is 0 Å². The summed E-state index contributed by atoms with van der Waals surface area (Å²) in [4.78, 5) is 18.4. The average molecular weight is 362 g/mol. The van der Waals surface area contributed by atoms with Crippen LogP contribution in [0.15, 0.2) is 12.4 Å². The Balaban J connectivity index is 2.59. The third-order valence-electron chi connectivity index (χ3n) is 3.40. The number of hydrogen-bond acceptors (Lipinski definition) is 10. The van der Waals surface area contributed by atoms with Gasteiger partial charge in [-0.2, -0.15) is 0 Å². The van der Waals surface area contributed by atoms with E-state index in [9.17, 15) is 25.2 Å². The molecule has 0 amide bonds. The minimum atomic E-state index is -2.90. The predicted molar refractivity (Wildman–Crippen MR) is 79.4 cm³/mol. The van der Waals surface area contributed by atoms with Crippen molar-refractivity contribution in [3.8, 4) is 0 Å². The highest BCUT2D eigenvalue weighted by atomic mass is 16.7. The Morgan fingerprint density at radius 3 is 2.20 bits per heavy atom. The van der Waals surface area contributed by atoms with E-state index in [-0.39, 0.29) is 25.0 Å². The van der Waals surface area contributed by atoms with Crippen LogP contribution in [0.3, 0.4) is 0 Å². The second kappa shape index (κ2) is 8.58. The number of aromatic nitrogens is 2. The topological polar surface area (TPSA) is 205 Å². The van der Waals surface area contributed by atoms with Gasteiger partial charge in [0, 0.05) is 19.0 Å². The Labute approximate surface area is 142 Å². The van der Waals surface area contributed by atoms with Gasteiger partial charge in [0.15, 0.2) is 5.79 Å². The van der Waals surface area contributed by atoms with Crippen LogP contribution < -0.4 is 0 Å². The first-order valence-corrected chi connectivity index (χ1v) is 7.41. The zero-order valence-corrected chi connectivity index (χ0v) is 13.2. The zero-order valence-electron chi connectivity index (χ0n) is 13.2. The number of aliphatic hydroxyl groups is 7. The van der Waals surface area contributed by atoms with E-state index in [1.165, 1.54) is 12.4 Å². The molecule has 0 bridgehead atoms. The Bertz CT molecular complexity index is 556. The molecule has 1 aromatic heterocycles. The van der Waals surface area contributed by atoms with E-state index in [2.05, 4.69) is 9.97 Å². The van der Waals surface area contributed by atoms with Crippen molar-refractivity contribution in [1.82, 2.24) is 9.97 Å². The summed E-state index contributed by atoms with van der Waals surface area (Å²) in [5.74, 6) is -7.18. The number of aliphatic hydroxyl groups excluding tert-OH is 2. The Morgan fingerprint density at radius 2 is 1.72 bits per heavy atom. The van der Waals surface area contributed by atoms with Crippen LogP contribution >= 0.6 is 0 Å². The molecular formula is C14H22N2O9. The van der Waals surface area contributed by atoms with Gasteiger partial charge in [0.2, 0.25) is 0 Å². The summed E-state index contributed by atoms with van der Waals surface area (Å²) >= 11 is 0. The maximum absolute atomic E-state index is 10.5. The molecular weight excluding hydrogens is 340 g/mol. The lowest BCUT2D eigenvalue weighted by Gasteiger charge is -2.27. The molecule has 0 spiro atoms. The molecule has 8 N–H and O–H groups in total. The summed E-state index contributed by atoms with van der Waals surface area (Å²) in [6.45, 7) is 0. The van der Waals surface area contributed by atoms with E-state index in [0.29, 0.717) is 5.69 Å². The molecule has 0 fully saturated rings. The first-order chi connectivity index (χ1) is 11.4. The SMILES string of the molecule is O=C(O)CC(O)(O)C(O)CC(O)c1cnc(CCCC(O)(O)O)cn1. The van der Waals surface area contributed by atoms with Gasteiger partial charge in [-0.1, -0.05) is 0 Å². The largest absolute Gasteiger partial charge is 0.481 e. The third-order valence-corrected chi connectivity index (χ3v) is 3.40. The normalized spacial score (nSPS) is 15.0. The van der Waals surface area contributed by atoms with E-state index in [1.807, 2.05) is 0 Å². The van der Waals surface area contributed by atoms with Crippen molar-refractivity contribution in [3.05, 3.63) is 23.8 Å². The molecule has 25 heavy (non-hydrogen) atoms. The fourth-order valence-corrected chi connectivity index (χ4v) is 2.03. The van der Waals surface area contributed by atoms with Crippen LogP contribution in [0, 0.1) is 0 Å². The highest BCUT2D eigenvalue weighted by Gasteiger charge is 2.37. The highest BCUT2D eigenvalue weighted by Crippen LogP contribution is 2.23. The Hall–Kier alpha value is -1.73. The number of rotatable bonds is 10. The second-order valence-corrected chi connectivity index (χ2v) is 5.78. The van der Waals surface area contributed by atoms with E-state index >= 15 is 0 Å². The van der Waals surface area contributed by atoms with Crippen LogP contribution in [-0.2, 0) is 11.2 Å². The molecule has 0 aliphatic rings. The summed E-state index contributed by atoms with van der Waals surface area (Å²) in [6.07, 6.45) is -2.34. The summed E-state index contributed by atoms with van der Waals surface area (Å²) in [6, 6.07) is 0. The van der Waals surface area contributed by atoms with Crippen molar-refractivity contribution in [2.75, 3.05) is 0 Å². The number of carboxylic acids is 1. The fourth-order valence-electron chi connectivity index (χ4n) is 2.03. The van der Waals surface area contributed by atoms with Crippen LogP contribution in [0.25, 0.3) is 0 Å². The van der Waals surface area contributed by atoms with Crippen molar-refractivity contribution < 1.29 is 45.6 Å². The molecule has 1 rings (SSSR count). The fraction of sp³-hybridized carbons (Fsp3) is 0.643. The minimum absolute atomic E-state index is 0.0229.